The Morgan fingerprint density at radius 3 is 2.11 bits per heavy atom. The Labute approximate surface area is 118 Å². The summed E-state index contributed by atoms with van der Waals surface area (Å²) in [6.45, 7) is 2.37. The summed E-state index contributed by atoms with van der Waals surface area (Å²) in [6.07, 6.45) is 16.0. The van der Waals surface area contributed by atoms with E-state index in [1.165, 1.54) is 76.4 Å². The SMILES string of the molecule is CC1CCSC2CCCCCCCCCCC2N1. The van der Waals surface area contributed by atoms with Gasteiger partial charge in [-0.3, -0.25) is 0 Å². The second-order valence-electron chi connectivity index (χ2n) is 6.28. The lowest BCUT2D eigenvalue weighted by atomic mass is 9.97. The molecule has 1 aliphatic heterocycles. The number of hydrogen-bond acceptors (Lipinski definition) is 2. The summed E-state index contributed by atoms with van der Waals surface area (Å²) in [5.41, 5.74) is 0. The highest BCUT2D eigenvalue weighted by Crippen LogP contribution is 2.29. The van der Waals surface area contributed by atoms with E-state index in [2.05, 4.69) is 24.0 Å². The molecule has 1 nitrogen and oxygen atoms in total. The van der Waals surface area contributed by atoms with Crippen LogP contribution in [0.5, 0.6) is 0 Å². The Hall–Kier alpha value is 0.310. The first-order valence-electron chi connectivity index (χ1n) is 8.24. The van der Waals surface area contributed by atoms with Gasteiger partial charge in [-0.15, -0.1) is 0 Å². The molecule has 106 valence electrons. The lowest BCUT2D eigenvalue weighted by Gasteiger charge is -2.27. The molecule has 0 aromatic carbocycles. The maximum Gasteiger partial charge on any atom is 0.0201 e. The van der Waals surface area contributed by atoms with Gasteiger partial charge in [-0.2, -0.15) is 11.8 Å². The molecule has 1 aliphatic carbocycles. The van der Waals surface area contributed by atoms with E-state index < -0.39 is 0 Å². The lowest BCUT2D eigenvalue weighted by Crippen LogP contribution is -2.41. The van der Waals surface area contributed by atoms with Crippen LogP contribution in [0.15, 0.2) is 0 Å². The molecular formula is C16H31NS. The Morgan fingerprint density at radius 1 is 0.778 bits per heavy atom. The quantitative estimate of drug-likeness (QED) is 0.681. The fourth-order valence-corrected chi connectivity index (χ4v) is 4.97. The molecule has 0 radical (unpaired) electrons. The summed E-state index contributed by atoms with van der Waals surface area (Å²) in [5.74, 6) is 1.37. The maximum absolute atomic E-state index is 3.91. The van der Waals surface area contributed by atoms with E-state index in [0.717, 1.165) is 17.3 Å². The second-order valence-corrected chi connectivity index (χ2v) is 7.62. The minimum atomic E-state index is 0.736. The van der Waals surface area contributed by atoms with Gasteiger partial charge in [0.1, 0.15) is 0 Å². The molecule has 1 saturated heterocycles. The number of hydrogen-bond donors (Lipinski definition) is 1. The van der Waals surface area contributed by atoms with E-state index in [1.54, 1.807) is 0 Å². The van der Waals surface area contributed by atoms with Crippen LogP contribution in [-0.2, 0) is 0 Å². The largest absolute Gasteiger partial charge is 0.310 e. The van der Waals surface area contributed by atoms with E-state index >= 15 is 0 Å². The van der Waals surface area contributed by atoms with Gasteiger partial charge in [0.15, 0.2) is 0 Å². The average Bonchev–Trinajstić information content (AvgIpc) is 2.51. The molecule has 2 aliphatic rings. The Bertz CT molecular complexity index is 219. The Balaban J connectivity index is 1.88. The van der Waals surface area contributed by atoms with Gasteiger partial charge < -0.3 is 5.32 Å². The van der Waals surface area contributed by atoms with Crippen molar-refractivity contribution in [3.63, 3.8) is 0 Å². The van der Waals surface area contributed by atoms with Gasteiger partial charge >= 0.3 is 0 Å². The normalized spacial score (nSPS) is 36.8. The zero-order chi connectivity index (χ0) is 12.6. The smallest absolute Gasteiger partial charge is 0.0201 e. The molecule has 0 spiro atoms. The standard InChI is InChI=1S/C16H31NS/c1-14-12-13-18-16-11-9-7-5-3-2-4-6-8-10-15(16)17-14/h14-17H,2-13H2,1H3. The van der Waals surface area contributed by atoms with Gasteiger partial charge in [0, 0.05) is 17.3 Å². The molecule has 2 rings (SSSR count). The van der Waals surface area contributed by atoms with E-state index in [9.17, 15) is 0 Å². The van der Waals surface area contributed by atoms with Crippen LogP contribution in [0.4, 0.5) is 0 Å². The first-order chi connectivity index (χ1) is 8.86. The Morgan fingerprint density at radius 2 is 1.39 bits per heavy atom. The van der Waals surface area contributed by atoms with Crippen LogP contribution in [0, 0.1) is 0 Å². The van der Waals surface area contributed by atoms with Gasteiger partial charge in [-0.25, -0.2) is 0 Å². The monoisotopic (exact) mass is 269 g/mol. The highest BCUT2D eigenvalue weighted by Gasteiger charge is 2.25. The summed E-state index contributed by atoms with van der Waals surface area (Å²) in [5, 5.41) is 4.81. The fourth-order valence-electron chi connectivity index (χ4n) is 3.39. The molecule has 1 saturated carbocycles. The van der Waals surface area contributed by atoms with E-state index in [0.29, 0.717) is 0 Å². The van der Waals surface area contributed by atoms with Crippen LogP contribution >= 0.6 is 11.8 Å². The van der Waals surface area contributed by atoms with E-state index in [-0.39, 0.29) is 0 Å². The first-order valence-corrected chi connectivity index (χ1v) is 9.29. The van der Waals surface area contributed by atoms with Crippen molar-refractivity contribution >= 4 is 11.8 Å². The molecule has 0 aromatic rings. The van der Waals surface area contributed by atoms with Crippen LogP contribution in [0.3, 0.4) is 0 Å². The molecular weight excluding hydrogens is 238 g/mol. The summed E-state index contributed by atoms with van der Waals surface area (Å²) < 4.78 is 0. The van der Waals surface area contributed by atoms with Crippen LogP contribution in [0.1, 0.15) is 77.6 Å². The first kappa shape index (κ1) is 14.7. The third kappa shape index (κ3) is 5.13. The Kier molecular flexibility index (Phi) is 6.93. The molecule has 1 heterocycles. The van der Waals surface area contributed by atoms with Gasteiger partial charge in [0.05, 0.1) is 0 Å². The highest BCUT2D eigenvalue weighted by molar-refractivity contribution is 7.99. The van der Waals surface area contributed by atoms with Gasteiger partial charge in [0.25, 0.3) is 0 Å². The van der Waals surface area contributed by atoms with E-state index in [1.807, 2.05) is 0 Å². The molecule has 0 amide bonds. The van der Waals surface area contributed by atoms with Crippen LogP contribution in [-0.4, -0.2) is 23.1 Å². The van der Waals surface area contributed by atoms with Crippen LogP contribution in [0.2, 0.25) is 0 Å². The third-order valence-electron chi connectivity index (χ3n) is 4.58. The number of nitrogens with one attached hydrogen (secondary N) is 1. The zero-order valence-electron chi connectivity index (χ0n) is 12.1. The molecule has 3 atom stereocenters. The van der Waals surface area contributed by atoms with E-state index in [4.69, 9.17) is 0 Å². The minimum Gasteiger partial charge on any atom is -0.310 e. The van der Waals surface area contributed by atoms with Crippen molar-refractivity contribution < 1.29 is 0 Å². The zero-order valence-corrected chi connectivity index (χ0v) is 12.9. The minimum absolute atomic E-state index is 0.736. The summed E-state index contributed by atoms with van der Waals surface area (Å²) in [4.78, 5) is 0. The highest BCUT2D eigenvalue weighted by atomic mass is 32.2. The lowest BCUT2D eigenvalue weighted by molar-refractivity contribution is 0.383. The van der Waals surface area contributed by atoms with Crippen LogP contribution in [0.25, 0.3) is 0 Å². The molecule has 0 bridgehead atoms. The predicted molar refractivity (Wildman–Crippen MR) is 83.4 cm³/mol. The van der Waals surface area contributed by atoms with Crippen molar-refractivity contribution in [1.29, 1.82) is 0 Å². The molecule has 18 heavy (non-hydrogen) atoms. The maximum atomic E-state index is 3.91. The van der Waals surface area contributed by atoms with Crippen molar-refractivity contribution in [2.75, 3.05) is 5.75 Å². The van der Waals surface area contributed by atoms with Gasteiger partial charge in [-0.1, -0.05) is 51.4 Å². The number of fused-ring (bicyclic) bond motifs is 1. The second kappa shape index (κ2) is 8.47. The van der Waals surface area contributed by atoms with Gasteiger partial charge in [-0.05, 0) is 31.9 Å². The topological polar surface area (TPSA) is 12.0 Å². The summed E-state index contributed by atoms with van der Waals surface area (Å²) in [7, 11) is 0. The molecule has 0 aromatic heterocycles. The van der Waals surface area contributed by atoms with Crippen LogP contribution < -0.4 is 5.32 Å². The summed E-state index contributed by atoms with van der Waals surface area (Å²) >= 11 is 2.26. The fraction of sp³-hybridized carbons (Fsp3) is 1.00. The number of rotatable bonds is 0. The van der Waals surface area contributed by atoms with Crippen molar-refractivity contribution in [3.8, 4) is 0 Å². The van der Waals surface area contributed by atoms with Crippen molar-refractivity contribution in [3.05, 3.63) is 0 Å². The number of thioether (sulfide) groups is 1. The molecule has 2 heteroatoms. The van der Waals surface area contributed by atoms with Crippen molar-refractivity contribution in [2.24, 2.45) is 0 Å². The van der Waals surface area contributed by atoms with Crippen molar-refractivity contribution in [2.45, 2.75) is 94.9 Å². The molecule has 2 fully saturated rings. The van der Waals surface area contributed by atoms with Gasteiger partial charge in [0.2, 0.25) is 0 Å². The molecule has 1 N–H and O–H groups in total. The summed E-state index contributed by atoms with van der Waals surface area (Å²) in [6, 6.07) is 1.53. The average molecular weight is 269 g/mol. The third-order valence-corrected chi connectivity index (χ3v) is 6.05. The van der Waals surface area contributed by atoms with Crippen molar-refractivity contribution in [1.82, 2.24) is 5.32 Å². The predicted octanol–water partition coefficient (Wildman–Crippen LogP) is 4.75. The molecule has 3 unspecified atom stereocenters.